The number of nitro groups is 1. The smallest absolute Gasteiger partial charge is 0.256 e. The summed E-state index contributed by atoms with van der Waals surface area (Å²) in [5.74, 6) is -1.31. The van der Waals surface area contributed by atoms with Gasteiger partial charge in [0, 0.05) is 6.08 Å². The van der Waals surface area contributed by atoms with E-state index in [1.165, 1.54) is 6.92 Å². The molecule has 3 nitrogen and oxygen atoms in total. The molecule has 0 amide bonds. The Morgan fingerprint density at radius 1 is 2.00 bits per heavy atom. The Bertz CT molecular complexity index is 110. The molecule has 0 unspecified atom stereocenters. The predicted octanol–water partition coefficient (Wildman–Crippen LogP) is 1.09. The van der Waals surface area contributed by atoms with Gasteiger partial charge in [0.25, 0.3) is 0 Å². The van der Waals surface area contributed by atoms with Gasteiger partial charge in [-0.15, -0.1) is 4.39 Å². The van der Waals surface area contributed by atoms with Crippen molar-refractivity contribution in [1.82, 2.24) is 0 Å². The van der Waals surface area contributed by atoms with Gasteiger partial charge in [0.15, 0.2) is 0 Å². The first-order chi connectivity index (χ1) is 3.18. The molecule has 7 heavy (non-hydrogen) atoms. The van der Waals surface area contributed by atoms with Gasteiger partial charge in [0.05, 0.1) is 4.92 Å². The summed E-state index contributed by atoms with van der Waals surface area (Å²) in [6, 6.07) is 0. The maximum atomic E-state index is 11.4. The van der Waals surface area contributed by atoms with Gasteiger partial charge in [0.2, 0.25) is 0 Å². The minimum absolute atomic E-state index is 0.792. The highest BCUT2D eigenvalue weighted by atomic mass is 19.1. The van der Waals surface area contributed by atoms with E-state index in [0.717, 1.165) is 6.08 Å². The summed E-state index contributed by atoms with van der Waals surface area (Å²) in [5, 5.41) is 9.29. The second kappa shape index (κ2) is 2.28. The standard InChI is InChI=1S/C3H4FNO2/c1-2-3(4)5(6)7/h2H,1H3. The molecule has 0 aliphatic carbocycles. The van der Waals surface area contributed by atoms with E-state index >= 15 is 0 Å². The lowest BCUT2D eigenvalue weighted by Gasteiger charge is -1.76. The van der Waals surface area contributed by atoms with Crippen molar-refractivity contribution >= 4 is 0 Å². The third-order valence-electron chi connectivity index (χ3n) is 0.413. The monoisotopic (exact) mass is 105 g/mol. The highest BCUT2D eigenvalue weighted by molar-refractivity contribution is 4.74. The molecular weight excluding hydrogens is 101 g/mol. The first-order valence-corrected chi connectivity index (χ1v) is 1.64. The molecule has 40 valence electrons. The Morgan fingerprint density at radius 2 is 2.43 bits per heavy atom. The van der Waals surface area contributed by atoms with Crippen molar-refractivity contribution in [2.75, 3.05) is 0 Å². The zero-order valence-electron chi connectivity index (χ0n) is 3.72. The predicted molar refractivity (Wildman–Crippen MR) is 21.9 cm³/mol. The molecule has 0 radical (unpaired) electrons. The molecule has 0 aromatic rings. The van der Waals surface area contributed by atoms with E-state index < -0.39 is 10.9 Å². The van der Waals surface area contributed by atoms with Gasteiger partial charge in [0.1, 0.15) is 0 Å². The van der Waals surface area contributed by atoms with Crippen LogP contribution in [0.5, 0.6) is 0 Å². The van der Waals surface area contributed by atoms with Crippen molar-refractivity contribution in [1.29, 1.82) is 0 Å². The van der Waals surface area contributed by atoms with Crippen LogP contribution in [0, 0.1) is 10.1 Å². The number of allylic oxidation sites excluding steroid dienone is 1. The molecule has 0 aliphatic rings. The lowest BCUT2D eigenvalue weighted by molar-refractivity contribution is -0.447. The minimum Gasteiger partial charge on any atom is -0.256 e. The van der Waals surface area contributed by atoms with Gasteiger partial charge in [-0.05, 0) is 6.92 Å². The number of hydrogen-bond acceptors (Lipinski definition) is 2. The van der Waals surface area contributed by atoms with Crippen LogP contribution >= 0.6 is 0 Å². The van der Waals surface area contributed by atoms with Crippen molar-refractivity contribution in [2.45, 2.75) is 6.92 Å². The third kappa shape index (κ3) is 1.86. The molecule has 0 bridgehead atoms. The van der Waals surface area contributed by atoms with E-state index in [-0.39, 0.29) is 0 Å². The van der Waals surface area contributed by atoms with E-state index in [0.29, 0.717) is 0 Å². The summed E-state index contributed by atoms with van der Waals surface area (Å²) < 4.78 is 11.4. The second-order valence-corrected chi connectivity index (χ2v) is 0.869. The summed E-state index contributed by atoms with van der Waals surface area (Å²) in [5.41, 5.74) is 0. The Balaban J connectivity index is 3.82. The minimum atomic E-state index is -1.31. The largest absolute Gasteiger partial charge is 0.414 e. The molecule has 0 fully saturated rings. The van der Waals surface area contributed by atoms with Crippen molar-refractivity contribution < 1.29 is 9.31 Å². The first-order valence-electron chi connectivity index (χ1n) is 1.64. The van der Waals surface area contributed by atoms with E-state index in [4.69, 9.17) is 0 Å². The fourth-order valence-corrected chi connectivity index (χ4v) is 0.105. The molecule has 0 rings (SSSR count). The Morgan fingerprint density at radius 3 is 2.43 bits per heavy atom. The summed E-state index contributed by atoms with van der Waals surface area (Å²) in [6.45, 7) is 1.26. The van der Waals surface area contributed by atoms with Crippen LogP contribution in [0.3, 0.4) is 0 Å². The lowest BCUT2D eigenvalue weighted by Crippen LogP contribution is -1.89. The summed E-state index contributed by atoms with van der Waals surface area (Å²) >= 11 is 0. The van der Waals surface area contributed by atoms with Crippen LogP contribution in [0.4, 0.5) is 4.39 Å². The summed E-state index contributed by atoms with van der Waals surface area (Å²) in [4.78, 5) is 8.21. The van der Waals surface area contributed by atoms with Crippen LogP contribution in [0.15, 0.2) is 12.0 Å². The SMILES string of the molecule is CC=C(F)[N+](=O)[O-]. The van der Waals surface area contributed by atoms with Gasteiger partial charge in [-0.3, -0.25) is 10.1 Å². The van der Waals surface area contributed by atoms with E-state index in [9.17, 15) is 14.5 Å². The Labute approximate surface area is 39.6 Å². The van der Waals surface area contributed by atoms with Gasteiger partial charge in [-0.25, -0.2) is 0 Å². The molecule has 0 aromatic heterocycles. The van der Waals surface area contributed by atoms with Crippen molar-refractivity contribution in [2.24, 2.45) is 0 Å². The zero-order valence-corrected chi connectivity index (χ0v) is 3.72. The quantitative estimate of drug-likeness (QED) is 0.284. The van der Waals surface area contributed by atoms with E-state index in [1.807, 2.05) is 0 Å². The molecule has 0 atom stereocenters. The zero-order chi connectivity index (χ0) is 5.86. The van der Waals surface area contributed by atoms with E-state index in [1.54, 1.807) is 0 Å². The van der Waals surface area contributed by atoms with Crippen LogP contribution < -0.4 is 0 Å². The van der Waals surface area contributed by atoms with Gasteiger partial charge in [-0.1, -0.05) is 0 Å². The Kier molecular flexibility index (Phi) is 1.98. The number of halogens is 1. The maximum Gasteiger partial charge on any atom is 0.414 e. The lowest BCUT2D eigenvalue weighted by atomic mass is 10.7. The Hall–Kier alpha value is -0.930. The van der Waals surface area contributed by atoms with Crippen LogP contribution in [-0.4, -0.2) is 4.92 Å². The number of rotatable bonds is 1. The summed E-state index contributed by atoms with van der Waals surface area (Å²) in [6.07, 6.45) is 0.792. The molecule has 0 spiro atoms. The maximum absolute atomic E-state index is 11.4. The molecule has 0 saturated heterocycles. The molecule has 0 saturated carbocycles. The molecule has 0 N–H and O–H groups in total. The number of nitrogens with zero attached hydrogens (tertiary/aromatic N) is 1. The van der Waals surface area contributed by atoms with Crippen LogP contribution in [-0.2, 0) is 0 Å². The average Bonchev–Trinajstić information content (AvgIpc) is 1.65. The van der Waals surface area contributed by atoms with E-state index in [2.05, 4.69) is 0 Å². The topological polar surface area (TPSA) is 43.1 Å². The van der Waals surface area contributed by atoms with Crippen molar-refractivity contribution in [3.63, 3.8) is 0 Å². The normalized spacial score (nSPS) is 11.4. The molecule has 0 aromatic carbocycles. The molecule has 0 aliphatic heterocycles. The number of hydrogen-bond donors (Lipinski definition) is 0. The molecular formula is C3H4FNO2. The van der Waals surface area contributed by atoms with Crippen molar-refractivity contribution in [3.8, 4) is 0 Å². The van der Waals surface area contributed by atoms with Crippen LogP contribution in [0.25, 0.3) is 0 Å². The highest BCUT2D eigenvalue weighted by Crippen LogP contribution is 1.92. The van der Waals surface area contributed by atoms with Crippen LogP contribution in [0.1, 0.15) is 6.92 Å². The fraction of sp³-hybridized carbons (Fsp3) is 0.333. The van der Waals surface area contributed by atoms with Gasteiger partial charge in [-0.2, -0.15) is 0 Å². The summed E-state index contributed by atoms with van der Waals surface area (Å²) in [7, 11) is 0. The fourth-order valence-electron chi connectivity index (χ4n) is 0.105. The van der Waals surface area contributed by atoms with Crippen LogP contribution in [0.2, 0.25) is 0 Å². The molecule has 4 heteroatoms. The van der Waals surface area contributed by atoms with Gasteiger partial charge >= 0.3 is 5.95 Å². The average molecular weight is 105 g/mol. The van der Waals surface area contributed by atoms with Gasteiger partial charge < -0.3 is 0 Å². The first kappa shape index (κ1) is 6.07. The molecule has 0 heterocycles. The third-order valence-corrected chi connectivity index (χ3v) is 0.413. The highest BCUT2D eigenvalue weighted by Gasteiger charge is 2.01. The second-order valence-electron chi connectivity index (χ2n) is 0.869. The van der Waals surface area contributed by atoms with Crippen molar-refractivity contribution in [3.05, 3.63) is 22.1 Å².